The molecule has 0 atom stereocenters. The van der Waals surface area contributed by atoms with E-state index in [4.69, 9.17) is 16.3 Å². The molecule has 0 aliphatic carbocycles. The highest BCUT2D eigenvalue weighted by Crippen LogP contribution is 2.21. The molecule has 7 heteroatoms. The lowest BCUT2D eigenvalue weighted by molar-refractivity contribution is -0.121. The molecule has 0 radical (unpaired) electrons. The first-order chi connectivity index (χ1) is 13.5. The lowest BCUT2D eigenvalue weighted by Crippen LogP contribution is -2.28. The number of methoxy groups -OCH3 is 1. The van der Waals surface area contributed by atoms with Crippen LogP contribution < -0.4 is 15.6 Å². The van der Waals surface area contributed by atoms with Crippen LogP contribution in [0, 0.1) is 0 Å². The number of hydrogen-bond donors (Lipinski definition) is 1. The highest BCUT2D eigenvalue weighted by Gasteiger charge is 2.07. The molecule has 3 aromatic rings. The molecule has 0 aliphatic heterocycles. The number of hydrogen-bond acceptors (Lipinski definition) is 4. The number of nitrogens with zero attached hydrogens (tertiary/aromatic N) is 2. The summed E-state index contributed by atoms with van der Waals surface area (Å²) < 4.78 is 6.52. The lowest BCUT2D eigenvalue weighted by atomic mass is 10.1. The van der Waals surface area contributed by atoms with E-state index in [1.165, 1.54) is 10.7 Å². The van der Waals surface area contributed by atoms with Gasteiger partial charge >= 0.3 is 0 Å². The van der Waals surface area contributed by atoms with Crippen molar-refractivity contribution in [2.45, 2.75) is 19.5 Å². The number of benzene rings is 2. The molecule has 0 spiro atoms. The normalized spacial score (nSPS) is 10.5. The Morgan fingerprint density at radius 3 is 2.75 bits per heavy atom. The van der Waals surface area contributed by atoms with Gasteiger partial charge in [-0.25, -0.2) is 4.68 Å². The summed E-state index contributed by atoms with van der Waals surface area (Å²) in [6, 6.07) is 17.8. The van der Waals surface area contributed by atoms with Crippen molar-refractivity contribution in [3.63, 3.8) is 0 Å². The first-order valence-corrected chi connectivity index (χ1v) is 9.17. The van der Waals surface area contributed by atoms with Gasteiger partial charge in [-0.2, -0.15) is 5.10 Å². The number of ether oxygens (including phenoxy) is 1. The van der Waals surface area contributed by atoms with E-state index in [1.807, 2.05) is 36.4 Å². The number of halogens is 1. The lowest BCUT2D eigenvalue weighted by Gasteiger charge is -2.09. The molecule has 2 aromatic carbocycles. The quantitative estimate of drug-likeness (QED) is 0.664. The number of carbonyl (C=O) groups is 1. The van der Waals surface area contributed by atoms with Gasteiger partial charge in [-0.15, -0.1) is 0 Å². The van der Waals surface area contributed by atoms with E-state index < -0.39 is 0 Å². The third-order valence-electron chi connectivity index (χ3n) is 4.16. The van der Waals surface area contributed by atoms with Crippen LogP contribution in [0.3, 0.4) is 0 Å². The predicted octanol–water partition coefficient (Wildman–Crippen LogP) is 3.28. The van der Waals surface area contributed by atoms with Crippen LogP contribution in [0.1, 0.15) is 12.0 Å². The minimum Gasteiger partial charge on any atom is -0.497 e. The summed E-state index contributed by atoms with van der Waals surface area (Å²) in [5, 5.41) is 7.81. The molecule has 1 amide bonds. The Morgan fingerprint density at radius 2 is 1.96 bits per heavy atom. The van der Waals surface area contributed by atoms with Crippen LogP contribution in [0.15, 0.2) is 65.5 Å². The highest BCUT2D eigenvalue weighted by atomic mass is 35.5. The van der Waals surface area contributed by atoms with Crippen LogP contribution in [-0.2, 0) is 17.9 Å². The molecule has 0 fully saturated rings. The van der Waals surface area contributed by atoms with Gasteiger partial charge in [-0.1, -0.05) is 35.9 Å². The number of nitrogens with one attached hydrogen (secondary N) is 1. The molecule has 6 nitrogen and oxygen atoms in total. The van der Waals surface area contributed by atoms with Crippen LogP contribution in [0.2, 0.25) is 5.02 Å². The minimum absolute atomic E-state index is 0.148. The minimum atomic E-state index is -0.255. The second kappa shape index (κ2) is 9.19. The van der Waals surface area contributed by atoms with Crippen molar-refractivity contribution in [3.05, 3.63) is 81.6 Å². The molecule has 3 rings (SSSR count). The zero-order valence-corrected chi connectivity index (χ0v) is 16.1. The van der Waals surface area contributed by atoms with Crippen molar-refractivity contribution in [2.24, 2.45) is 0 Å². The Balaban J connectivity index is 1.63. The molecular weight excluding hydrogens is 378 g/mol. The summed E-state index contributed by atoms with van der Waals surface area (Å²) in [5.74, 6) is 0.540. The smallest absolute Gasteiger partial charge is 0.266 e. The van der Waals surface area contributed by atoms with E-state index in [9.17, 15) is 9.59 Å². The first kappa shape index (κ1) is 19.6. The maximum Gasteiger partial charge on any atom is 0.266 e. The number of aromatic nitrogens is 2. The van der Waals surface area contributed by atoms with Gasteiger partial charge in [0.05, 0.1) is 19.3 Å². The van der Waals surface area contributed by atoms with Crippen molar-refractivity contribution >= 4 is 17.5 Å². The standard InChI is InChI=1S/C21H20ClN3O3/c1-28-18-7-3-5-16(13-18)19-8-9-21(27)25(24-19)11-10-20(26)23-14-15-4-2-6-17(22)12-15/h2-9,12-13H,10-11,14H2,1H3,(H,23,26). The summed E-state index contributed by atoms with van der Waals surface area (Å²) in [7, 11) is 1.59. The van der Waals surface area contributed by atoms with E-state index in [1.54, 1.807) is 25.3 Å². The SMILES string of the molecule is COc1cccc(-c2ccc(=O)n(CCC(=O)NCc3cccc(Cl)c3)n2)c1. The Hall–Kier alpha value is -3.12. The van der Waals surface area contributed by atoms with Crippen molar-refractivity contribution < 1.29 is 9.53 Å². The fraction of sp³-hybridized carbons (Fsp3) is 0.190. The first-order valence-electron chi connectivity index (χ1n) is 8.79. The van der Waals surface area contributed by atoms with Crippen LogP contribution in [0.25, 0.3) is 11.3 Å². The molecule has 1 heterocycles. The topological polar surface area (TPSA) is 73.2 Å². The van der Waals surface area contributed by atoms with Gasteiger partial charge in [0.25, 0.3) is 5.56 Å². The van der Waals surface area contributed by atoms with E-state index >= 15 is 0 Å². The van der Waals surface area contributed by atoms with Gasteiger partial charge in [0.15, 0.2) is 0 Å². The predicted molar refractivity (Wildman–Crippen MR) is 108 cm³/mol. The average molecular weight is 398 g/mol. The van der Waals surface area contributed by atoms with E-state index in [0.29, 0.717) is 23.0 Å². The van der Waals surface area contributed by atoms with Crippen molar-refractivity contribution in [1.29, 1.82) is 0 Å². The maximum atomic E-state index is 12.1. The summed E-state index contributed by atoms with van der Waals surface area (Å²) in [6.07, 6.45) is 0.148. The van der Waals surface area contributed by atoms with Crippen molar-refractivity contribution in [1.82, 2.24) is 15.1 Å². The fourth-order valence-electron chi connectivity index (χ4n) is 2.69. The van der Waals surface area contributed by atoms with E-state index in [0.717, 1.165) is 11.1 Å². The largest absolute Gasteiger partial charge is 0.497 e. The number of rotatable bonds is 7. The van der Waals surface area contributed by atoms with Crippen molar-refractivity contribution in [2.75, 3.05) is 7.11 Å². The summed E-state index contributed by atoms with van der Waals surface area (Å²) in [6.45, 7) is 0.573. The van der Waals surface area contributed by atoms with Gasteiger partial charge in [-0.3, -0.25) is 9.59 Å². The molecule has 0 aliphatic rings. The molecule has 0 saturated carbocycles. The number of aryl methyl sites for hydroxylation is 1. The molecule has 0 saturated heterocycles. The second-order valence-electron chi connectivity index (χ2n) is 6.17. The van der Waals surface area contributed by atoms with Crippen LogP contribution in [-0.4, -0.2) is 22.8 Å². The zero-order valence-electron chi connectivity index (χ0n) is 15.4. The van der Waals surface area contributed by atoms with Gasteiger partial charge < -0.3 is 10.1 Å². The van der Waals surface area contributed by atoms with E-state index in [-0.39, 0.29) is 24.4 Å². The summed E-state index contributed by atoms with van der Waals surface area (Å²) >= 11 is 5.94. The Labute approximate surface area is 167 Å². The second-order valence-corrected chi connectivity index (χ2v) is 6.60. The summed E-state index contributed by atoms with van der Waals surface area (Å²) in [4.78, 5) is 24.2. The van der Waals surface area contributed by atoms with Gasteiger partial charge in [-0.05, 0) is 35.9 Å². The average Bonchev–Trinajstić information content (AvgIpc) is 2.71. The van der Waals surface area contributed by atoms with Gasteiger partial charge in [0, 0.05) is 29.6 Å². The zero-order chi connectivity index (χ0) is 19.9. The molecule has 28 heavy (non-hydrogen) atoms. The summed E-state index contributed by atoms with van der Waals surface area (Å²) in [5.41, 5.74) is 2.13. The van der Waals surface area contributed by atoms with Gasteiger partial charge in [0.1, 0.15) is 5.75 Å². The van der Waals surface area contributed by atoms with Crippen LogP contribution in [0.5, 0.6) is 5.75 Å². The Morgan fingerprint density at radius 1 is 1.14 bits per heavy atom. The van der Waals surface area contributed by atoms with Crippen LogP contribution in [0.4, 0.5) is 0 Å². The molecule has 1 aromatic heterocycles. The van der Waals surface area contributed by atoms with Gasteiger partial charge in [0.2, 0.25) is 5.91 Å². The molecule has 144 valence electrons. The molecule has 0 bridgehead atoms. The fourth-order valence-corrected chi connectivity index (χ4v) is 2.90. The maximum absolute atomic E-state index is 12.1. The Kier molecular flexibility index (Phi) is 6.45. The molecular formula is C21H20ClN3O3. The van der Waals surface area contributed by atoms with Crippen molar-refractivity contribution in [3.8, 4) is 17.0 Å². The third kappa shape index (κ3) is 5.20. The third-order valence-corrected chi connectivity index (χ3v) is 4.40. The Bertz CT molecular complexity index is 1030. The molecule has 1 N–H and O–H groups in total. The number of amides is 1. The molecule has 0 unspecified atom stereocenters. The highest BCUT2D eigenvalue weighted by molar-refractivity contribution is 6.30. The van der Waals surface area contributed by atoms with Crippen LogP contribution >= 0.6 is 11.6 Å². The van der Waals surface area contributed by atoms with E-state index in [2.05, 4.69) is 10.4 Å². The number of carbonyl (C=O) groups excluding carboxylic acids is 1. The monoisotopic (exact) mass is 397 g/mol.